The van der Waals surface area contributed by atoms with Crippen LogP contribution in [-0.4, -0.2) is 60.8 Å². The van der Waals surface area contributed by atoms with Crippen molar-refractivity contribution in [3.8, 4) is 0 Å². The van der Waals surface area contributed by atoms with Gasteiger partial charge in [0.05, 0.1) is 12.9 Å². The molecule has 1 aliphatic heterocycles. The number of ether oxygens (including phenoxy) is 2. The first-order chi connectivity index (χ1) is 10.9. The molecule has 1 fully saturated rings. The van der Waals surface area contributed by atoms with E-state index in [0.717, 1.165) is 0 Å². The molecule has 4 atom stereocenters. The first-order valence-electron chi connectivity index (χ1n) is 7.22. The number of anilines is 1. The average molecular weight is 325 g/mol. The lowest BCUT2D eigenvalue weighted by Gasteiger charge is -2.27. The Balaban J connectivity index is 2.03. The Labute approximate surface area is 130 Å². The van der Waals surface area contributed by atoms with Crippen molar-refractivity contribution >= 4 is 17.1 Å². The molecule has 10 heteroatoms. The summed E-state index contributed by atoms with van der Waals surface area (Å²) in [5.74, 6) is -0.0756. The Morgan fingerprint density at radius 3 is 3.04 bits per heavy atom. The van der Waals surface area contributed by atoms with Crippen LogP contribution in [0, 0.1) is 0 Å². The quantitative estimate of drug-likeness (QED) is 0.545. The minimum absolute atomic E-state index is 0.0707. The topological polar surface area (TPSA) is 149 Å². The van der Waals surface area contributed by atoms with E-state index < -0.39 is 29.6 Å². The smallest absolute Gasteiger partial charge is 0.280 e. The van der Waals surface area contributed by atoms with Crippen LogP contribution in [0.1, 0.15) is 20.1 Å². The molecule has 2 aromatic rings. The van der Waals surface area contributed by atoms with Gasteiger partial charge in [0.15, 0.2) is 17.4 Å². The fourth-order valence-electron chi connectivity index (χ4n) is 2.73. The van der Waals surface area contributed by atoms with Crippen LogP contribution >= 0.6 is 0 Å². The normalized spacial score (nSPS) is 31.0. The summed E-state index contributed by atoms with van der Waals surface area (Å²) >= 11 is 0. The second-order valence-corrected chi connectivity index (χ2v) is 5.63. The van der Waals surface area contributed by atoms with Crippen molar-refractivity contribution in [1.82, 2.24) is 19.5 Å². The molecule has 1 saturated heterocycles. The van der Waals surface area contributed by atoms with Crippen LogP contribution in [0.25, 0.3) is 11.2 Å². The molecule has 5 N–H and O–H groups in total. The van der Waals surface area contributed by atoms with Crippen LogP contribution < -0.4 is 11.3 Å². The van der Waals surface area contributed by atoms with Crippen LogP contribution in [0.4, 0.5) is 5.95 Å². The molecular formula is C13H19N5O5. The second-order valence-electron chi connectivity index (χ2n) is 5.63. The van der Waals surface area contributed by atoms with E-state index in [1.165, 1.54) is 17.8 Å². The summed E-state index contributed by atoms with van der Waals surface area (Å²) < 4.78 is 12.4. The number of hydrogen-bond acceptors (Lipinski definition) is 8. The first-order valence-corrected chi connectivity index (χ1v) is 7.22. The van der Waals surface area contributed by atoms with Gasteiger partial charge in [0.25, 0.3) is 5.56 Å². The van der Waals surface area contributed by atoms with Crippen LogP contribution in [0.2, 0.25) is 0 Å². The Morgan fingerprint density at radius 2 is 2.35 bits per heavy atom. The van der Waals surface area contributed by atoms with Gasteiger partial charge in [0, 0.05) is 6.61 Å². The fraction of sp³-hybridized carbons (Fsp3) is 0.615. The van der Waals surface area contributed by atoms with Crippen LogP contribution in [0.3, 0.4) is 0 Å². The number of nitrogen functional groups attached to an aromatic ring is 1. The van der Waals surface area contributed by atoms with Gasteiger partial charge < -0.3 is 25.4 Å². The summed E-state index contributed by atoms with van der Waals surface area (Å²) in [5, 5.41) is 20.9. The van der Waals surface area contributed by atoms with Gasteiger partial charge in [-0.15, -0.1) is 0 Å². The standard InChI is InChI=1S/C13H19N5O5/c1-3-22-4-6-8(19)13(2,21)11(23-6)18-5-15-7-9(18)16-12(14)17-10(7)20/h5-6,8,11,19,21H,3-4H2,1-2H3,(H3,14,16,17,20)/t6-,8-,11-,13-/m1/s1. The van der Waals surface area contributed by atoms with Gasteiger partial charge in [0.1, 0.15) is 17.8 Å². The highest BCUT2D eigenvalue weighted by molar-refractivity contribution is 5.70. The number of hydrogen-bond donors (Lipinski definition) is 4. The number of nitrogens with one attached hydrogen (secondary N) is 1. The summed E-state index contributed by atoms with van der Waals surface area (Å²) in [5.41, 5.74) is 3.69. The molecule has 126 valence electrons. The number of H-pyrrole nitrogens is 1. The molecule has 10 nitrogen and oxygen atoms in total. The minimum atomic E-state index is -1.62. The van der Waals surface area contributed by atoms with Crippen molar-refractivity contribution in [1.29, 1.82) is 0 Å². The number of fused-ring (bicyclic) bond motifs is 1. The number of aromatic nitrogens is 4. The number of aliphatic hydroxyl groups is 2. The number of imidazole rings is 1. The van der Waals surface area contributed by atoms with E-state index >= 15 is 0 Å². The molecule has 3 rings (SSSR count). The van der Waals surface area contributed by atoms with E-state index in [1.54, 1.807) is 0 Å². The predicted molar refractivity (Wildman–Crippen MR) is 79.6 cm³/mol. The molecule has 23 heavy (non-hydrogen) atoms. The van der Waals surface area contributed by atoms with E-state index in [4.69, 9.17) is 15.2 Å². The lowest BCUT2D eigenvalue weighted by molar-refractivity contribution is -0.0961. The SMILES string of the molecule is CCOC[C@H]1O[C@@H](n2cnc3c(=O)[nH]c(N)nc32)[C@](C)(O)[C@@H]1O. The molecular weight excluding hydrogens is 306 g/mol. The molecule has 0 radical (unpaired) electrons. The lowest BCUT2D eigenvalue weighted by Crippen LogP contribution is -2.44. The summed E-state index contributed by atoms with van der Waals surface area (Å²) in [6.45, 7) is 3.85. The highest BCUT2D eigenvalue weighted by atomic mass is 16.6. The zero-order valence-corrected chi connectivity index (χ0v) is 12.8. The van der Waals surface area contributed by atoms with E-state index in [0.29, 0.717) is 6.61 Å². The summed E-state index contributed by atoms with van der Waals surface area (Å²) in [6, 6.07) is 0. The van der Waals surface area contributed by atoms with Gasteiger partial charge in [-0.1, -0.05) is 0 Å². The fourth-order valence-corrected chi connectivity index (χ4v) is 2.73. The Bertz CT molecular complexity index is 770. The zero-order chi connectivity index (χ0) is 16.8. The summed E-state index contributed by atoms with van der Waals surface area (Å²) in [6.07, 6.45) is -1.55. The molecule has 0 unspecified atom stereocenters. The second kappa shape index (κ2) is 5.57. The van der Waals surface area contributed by atoms with Gasteiger partial charge in [0.2, 0.25) is 5.95 Å². The maximum Gasteiger partial charge on any atom is 0.280 e. The van der Waals surface area contributed by atoms with E-state index in [1.807, 2.05) is 6.92 Å². The van der Waals surface area contributed by atoms with E-state index in [9.17, 15) is 15.0 Å². The van der Waals surface area contributed by atoms with Crippen molar-refractivity contribution in [2.45, 2.75) is 37.9 Å². The third kappa shape index (κ3) is 2.49. The highest BCUT2D eigenvalue weighted by Crippen LogP contribution is 2.39. The van der Waals surface area contributed by atoms with Gasteiger partial charge in [-0.2, -0.15) is 4.98 Å². The molecule has 2 aromatic heterocycles. The van der Waals surface area contributed by atoms with Crippen LogP contribution in [0.15, 0.2) is 11.1 Å². The number of nitrogens with two attached hydrogens (primary N) is 1. The molecule has 3 heterocycles. The van der Waals surface area contributed by atoms with Gasteiger partial charge in [-0.25, -0.2) is 4.98 Å². The van der Waals surface area contributed by atoms with Crippen molar-refractivity contribution in [2.24, 2.45) is 0 Å². The summed E-state index contributed by atoms with van der Waals surface area (Å²) in [7, 11) is 0. The van der Waals surface area contributed by atoms with Crippen molar-refractivity contribution in [2.75, 3.05) is 18.9 Å². The Morgan fingerprint density at radius 1 is 1.61 bits per heavy atom. The molecule has 0 bridgehead atoms. The maximum absolute atomic E-state index is 11.8. The Hall–Kier alpha value is -2.01. The summed E-state index contributed by atoms with van der Waals surface area (Å²) in [4.78, 5) is 22.2. The van der Waals surface area contributed by atoms with Gasteiger partial charge in [-0.3, -0.25) is 14.3 Å². The third-order valence-corrected chi connectivity index (χ3v) is 3.94. The van der Waals surface area contributed by atoms with E-state index in [2.05, 4.69) is 15.0 Å². The molecule has 0 spiro atoms. The van der Waals surface area contributed by atoms with Crippen molar-refractivity contribution in [3.63, 3.8) is 0 Å². The van der Waals surface area contributed by atoms with E-state index in [-0.39, 0.29) is 23.7 Å². The Kier molecular flexibility index (Phi) is 3.84. The number of aromatic amines is 1. The third-order valence-electron chi connectivity index (χ3n) is 3.94. The molecule has 0 aliphatic carbocycles. The predicted octanol–water partition coefficient (Wildman–Crippen LogP) is -1.25. The number of rotatable bonds is 4. The molecule has 0 aromatic carbocycles. The molecule has 0 amide bonds. The van der Waals surface area contributed by atoms with Gasteiger partial charge in [-0.05, 0) is 13.8 Å². The number of nitrogens with zero attached hydrogens (tertiary/aromatic N) is 3. The van der Waals surface area contributed by atoms with Crippen molar-refractivity contribution < 1.29 is 19.7 Å². The van der Waals surface area contributed by atoms with Crippen LogP contribution in [-0.2, 0) is 9.47 Å². The minimum Gasteiger partial charge on any atom is -0.387 e. The molecule has 1 aliphatic rings. The van der Waals surface area contributed by atoms with Gasteiger partial charge >= 0.3 is 0 Å². The van der Waals surface area contributed by atoms with Crippen molar-refractivity contribution in [3.05, 3.63) is 16.7 Å². The highest BCUT2D eigenvalue weighted by Gasteiger charge is 2.53. The monoisotopic (exact) mass is 325 g/mol. The average Bonchev–Trinajstić information content (AvgIpc) is 2.98. The van der Waals surface area contributed by atoms with Crippen LogP contribution in [0.5, 0.6) is 0 Å². The first kappa shape index (κ1) is 15.9. The maximum atomic E-state index is 11.8. The largest absolute Gasteiger partial charge is 0.387 e. The lowest BCUT2D eigenvalue weighted by atomic mass is 9.96. The number of aliphatic hydroxyl groups excluding tert-OH is 1. The molecule has 0 saturated carbocycles. The zero-order valence-electron chi connectivity index (χ0n) is 12.8.